The summed E-state index contributed by atoms with van der Waals surface area (Å²) in [6, 6.07) is 3.60. The predicted molar refractivity (Wildman–Crippen MR) is 63.1 cm³/mol. The molecule has 1 saturated heterocycles. The molecule has 0 bridgehead atoms. The monoisotopic (exact) mass is 219 g/mol. The maximum Gasteiger partial charge on any atom is 0.244 e. The van der Waals surface area contributed by atoms with Crippen molar-refractivity contribution in [1.82, 2.24) is 10.3 Å². The molecule has 1 aromatic heterocycles. The van der Waals surface area contributed by atoms with Gasteiger partial charge in [-0.25, -0.2) is 0 Å². The van der Waals surface area contributed by atoms with E-state index >= 15 is 0 Å². The number of pyridine rings is 1. The highest BCUT2D eigenvalue weighted by Crippen LogP contribution is 2.24. The summed E-state index contributed by atoms with van der Waals surface area (Å²) < 4.78 is 0. The molecule has 1 aliphatic rings. The van der Waals surface area contributed by atoms with Crippen LogP contribution in [0.5, 0.6) is 0 Å². The molecule has 1 amide bonds. The number of aromatic nitrogens is 1. The van der Waals surface area contributed by atoms with E-state index in [0.717, 1.165) is 31.5 Å². The van der Waals surface area contributed by atoms with E-state index in [4.69, 9.17) is 0 Å². The van der Waals surface area contributed by atoms with Crippen molar-refractivity contribution >= 4 is 11.6 Å². The second-order valence-electron chi connectivity index (χ2n) is 4.16. The zero-order valence-corrected chi connectivity index (χ0v) is 9.49. The summed E-state index contributed by atoms with van der Waals surface area (Å²) in [5, 5.41) is 6.25. The fraction of sp³-hybridized carbons (Fsp3) is 0.500. The molecule has 0 aliphatic carbocycles. The van der Waals surface area contributed by atoms with Crippen LogP contribution in [0, 0.1) is 0 Å². The lowest BCUT2D eigenvalue weighted by molar-refractivity contribution is -0.122. The highest BCUT2D eigenvalue weighted by molar-refractivity contribution is 5.98. The third-order valence-corrected chi connectivity index (χ3v) is 3.22. The average molecular weight is 219 g/mol. The first kappa shape index (κ1) is 11.1. The highest BCUT2D eigenvalue weighted by Gasteiger charge is 2.38. The molecule has 86 valence electrons. The van der Waals surface area contributed by atoms with Gasteiger partial charge in [-0.2, -0.15) is 0 Å². The number of hydrogen-bond acceptors (Lipinski definition) is 3. The molecule has 0 radical (unpaired) electrons. The molecule has 4 heteroatoms. The van der Waals surface area contributed by atoms with Gasteiger partial charge in [0.05, 0.1) is 5.54 Å². The Balaban J connectivity index is 2.07. The smallest absolute Gasteiger partial charge is 0.244 e. The minimum absolute atomic E-state index is 0.0682. The Morgan fingerprint density at radius 1 is 1.56 bits per heavy atom. The van der Waals surface area contributed by atoms with Crippen LogP contribution in [0.2, 0.25) is 0 Å². The van der Waals surface area contributed by atoms with Crippen LogP contribution < -0.4 is 10.6 Å². The van der Waals surface area contributed by atoms with Gasteiger partial charge in [0.1, 0.15) is 0 Å². The lowest BCUT2D eigenvalue weighted by Gasteiger charge is -2.26. The van der Waals surface area contributed by atoms with Gasteiger partial charge in [0.15, 0.2) is 0 Å². The van der Waals surface area contributed by atoms with Crippen LogP contribution in [-0.4, -0.2) is 23.0 Å². The van der Waals surface area contributed by atoms with Crippen molar-refractivity contribution in [2.45, 2.75) is 31.7 Å². The molecule has 1 unspecified atom stereocenters. The van der Waals surface area contributed by atoms with Crippen LogP contribution in [-0.2, 0) is 4.79 Å². The molecule has 1 aliphatic heterocycles. The van der Waals surface area contributed by atoms with Gasteiger partial charge in [0.25, 0.3) is 0 Å². The van der Waals surface area contributed by atoms with Crippen molar-refractivity contribution in [3.05, 3.63) is 24.5 Å². The van der Waals surface area contributed by atoms with Gasteiger partial charge in [-0.1, -0.05) is 6.92 Å². The molecular weight excluding hydrogens is 202 g/mol. The molecule has 2 rings (SSSR count). The van der Waals surface area contributed by atoms with E-state index in [1.807, 2.05) is 6.92 Å². The fourth-order valence-electron chi connectivity index (χ4n) is 2.15. The maximum absolute atomic E-state index is 12.2. The van der Waals surface area contributed by atoms with Crippen molar-refractivity contribution in [2.24, 2.45) is 0 Å². The van der Waals surface area contributed by atoms with E-state index in [1.54, 1.807) is 24.5 Å². The first-order chi connectivity index (χ1) is 7.77. The summed E-state index contributed by atoms with van der Waals surface area (Å²) in [7, 11) is 0. The van der Waals surface area contributed by atoms with Gasteiger partial charge in [0, 0.05) is 18.1 Å². The van der Waals surface area contributed by atoms with E-state index < -0.39 is 0 Å². The number of nitrogens with one attached hydrogen (secondary N) is 2. The summed E-state index contributed by atoms with van der Waals surface area (Å²) in [4.78, 5) is 16.1. The predicted octanol–water partition coefficient (Wildman–Crippen LogP) is 1.55. The summed E-state index contributed by atoms with van der Waals surface area (Å²) >= 11 is 0. The zero-order valence-electron chi connectivity index (χ0n) is 9.49. The number of carbonyl (C=O) groups excluding carboxylic acids is 1. The van der Waals surface area contributed by atoms with Crippen molar-refractivity contribution in [1.29, 1.82) is 0 Å². The Kier molecular flexibility index (Phi) is 3.19. The standard InChI is InChI=1S/C12H17N3O/c1-2-12(6-3-7-14-12)11(16)15-10-4-8-13-9-5-10/h4-5,8-9,14H,2-3,6-7H2,1H3,(H,13,15,16). The van der Waals surface area contributed by atoms with Crippen molar-refractivity contribution in [3.8, 4) is 0 Å². The van der Waals surface area contributed by atoms with Crippen LogP contribution in [0.3, 0.4) is 0 Å². The fourth-order valence-corrected chi connectivity index (χ4v) is 2.15. The summed E-state index contributed by atoms with van der Waals surface area (Å²) in [5.74, 6) is 0.0682. The summed E-state index contributed by atoms with van der Waals surface area (Å²) in [6.07, 6.45) is 6.16. The Morgan fingerprint density at radius 2 is 2.31 bits per heavy atom. The summed E-state index contributed by atoms with van der Waals surface area (Å²) in [6.45, 7) is 2.97. The number of amides is 1. The van der Waals surface area contributed by atoms with Crippen molar-refractivity contribution in [3.63, 3.8) is 0 Å². The Hall–Kier alpha value is -1.42. The quantitative estimate of drug-likeness (QED) is 0.811. The number of carbonyl (C=O) groups is 1. The minimum atomic E-state index is -0.372. The molecule has 0 saturated carbocycles. The van der Waals surface area contributed by atoms with Gasteiger partial charge in [-0.15, -0.1) is 0 Å². The third-order valence-electron chi connectivity index (χ3n) is 3.22. The van der Waals surface area contributed by atoms with E-state index in [-0.39, 0.29) is 11.4 Å². The number of hydrogen-bond donors (Lipinski definition) is 2. The molecule has 16 heavy (non-hydrogen) atoms. The summed E-state index contributed by atoms with van der Waals surface area (Å²) in [5.41, 5.74) is 0.435. The first-order valence-electron chi connectivity index (χ1n) is 5.73. The first-order valence-corrected chi connectivity index (χ1v) is 5.73. The molecule has 1 aromatic rings. The van der Waals surface area contributed by atoms with Gasteiger partial charge in [-0.05, 0) is 37.9 Å². The van der Waals surface area contributed by atoms with E-state index in [1.165, 1.54) is 0 Å². The zero-order chi connectivity index (χ0) is 11.4. The van der Waals surface area contributed by atoms with Crippen molar-refractivity contribution < 1.29 is 4.79 Å². The Bertz CT molecular complexity index is 358. The van der Waals surface area contributed by atoms with Crippen LogP contribution in [0.4, 0.5) is 5.69 Å². The third kappa shape index (κ3) is 2.07. The number of nitrogens with zero attached hydrogens (tertiary/aromatic N) is 1. The van der Waals surface area contributed by atoms with E-state index in [2.05, 4.69) is 15.6 Å². The SMILES string of the molecule is CCC1(C(=O)Nc2ccncc2)CCCN1. The largest absolute Gasteiger partial charge is 0.324 e. The van der Waals surface area contributed by atoms with Gasteiger partial charge in [0.2, 0.25) is 5.91 Å². The van der Waals surface area contributed by atoms with Gasteiger partial charge in [-0.3, -0.25) is 9.78 Å². The normalized spacial score (nSPS) is 24.3. The van der Waals surface area contributed by atoms with Crippen LogP contribution in [0.25, 0.3) is 0 Å². The topological polar surface area (TPSA) is 54.0 Å². The van der Waals surface area contributed by atoms with Crippen LogP contribution in [0.15, 0.2) is 24.5 Å². The minimum Gasteiger partial charge on any atom is -0.324 e. The lowest BCUT2D eigenvalue weighted by Crippen LogP contribution is -2.50. The molecule has 4 nitrogen and oxygen atoms in total. The highest BCUT2D eigenvalue weighted by atomic mass is 16.2. The maximum atomic E-state index is 12.2. The van der Waals surface area contributed by atoms with Crippen molar-refractivity contribution in [2.75, 3.05) is 11.9 Å². The number of anilines is 1. The second kappa shape index (κ2) is 4.61. The molecule has 0 spiro atoms. The van der Waals surface area contributed by atoms with Gasteiger partial charge < -0.3 is 10.6 Å². The molecule has 1 fully saturated rings. The lowest BCUT2D eigenvalue weighted by atomic mass is 9.93. The number of rotatable bonds is 3. The second-order valence-corrected chi connectivity index (χ2v) is 4.16. The van der Waals surface area contributed by atoms with E-state index in [0.29, 0.717) is 0 Å². The Labute approximate surface area is 95.5 Å². The average Bonchev–Trinajstić information content (AvgIpc) is 2.80. The molecule has 0 aromatic carbocycles. The molecule has 1 atom stereocenters. The van der Waals surface area contributed by atoms with Crippen LogP contribution >= 0.6 is 0 Å². The molecule has 2 heterocycles. The molecule has 2 N–H and O–H groups in total. The van der Waals surface area contributed by atoms with E-state index in [9.17, 15) is 4.79 Å². The molecular formula is C12H17N3O. The van der Waals surface area contributed by atoms with Crippen LogP contribution in [0.1, 0.15) is 26.2 Å². The van der Waals surface area contributed by atoms with Gasteiger partial charge >= 0.3 is 0 Å². The Morgan fingerprint density at radius 3 is 2.88 bits per heavy atom.